The Morgan fingerprint density at radius 1 is 1.38 bits per heavy atom. The maximum Gasteiger partial charge on any atom is 0.264 e. The first kappa shape index (κ1) is 10.9. The van der Waals surface area contributed by atoms with Crippen molar-refractivity contribution in [3.8, 4) is 0 Å². The van der Waals surface area contributed by atoms with Crippen molar-refractivity contribution in [1.29, 1.82) is 0 Å². The first-order chi connectivity index (χ1) is 5.70. The number of hydrogen-bond acceptors (Lipinski definition) is 6. The maximum atomic E-state index is 10.9. The molecule has 0 amide bonds. The number of rotatable bonds is 2. The molecule has 2 atom stereocenters. The highest BCUT2D eigenvalue weighted by molar-refractivity contribution is 7.91. The number of aliphatic hydroxyl groups excluding tert-OH is 1. The zero-order chi connectivity index (χ0) is 10.3. The second-order valence-electron chi connectivity index (χ2n) is 2.98. The molecule has 13 heavy (non-hydrogen) atoms. The molecule has 0 bridgehead atoms. The topological polar surface area (TPSA) is 97.7 Å². The molecule has 78 valence electrons. The summed E-state index contributed by atoms with van der Waals surface area (Å²) in [5.74, 6) is -0.881. The number of sulfone groups is 1. The summed E-state index contributed by atoms with van der Waals surface area (Å²) in [5, 5.41) is 9.12. The molecule has 1 aliphatic rings. The lowest BCUT2D eigenvalue weighted by atomic mass is 10.3. The van der Waals surface area contributed by atoms with Gasteiger partial charge in [0.25, 0.3) is 10.1 Å². The van der Waals surface area contributed by atoms with E-state index in [0.29, 0.717) is 0 Å². The largest absolute Gasteiger partial charge is 0.389 e. The fourth-order valence-corrected chi connectivity index (χ4v) is 3.51. The van der Waals surface area contributed by atoms with Crippen LogP contribution in [0.3, 0.4) is 0 Å². The van der Waals surface area contributed by atoms with Gasteiger partial charge in [0.1, 0.15) is 6.10 Å². The van der Waals surface area contributed by atoms with Gasteiger partial charge in [-0.15, -0.1) is 0 Å². The van der Waals surface area contributed by atoms with E-state index >= 15 is 0 Å². The van der Waals surface area contributed by atoms with Crippen LogP contribution in [-0.4, -0.2) is 51.9 Å². The fourth-order valence-electron chi connectivity index (χ4n) is 1.11. The second kappa shape index (κ2) is 3.19. The molecule has 1 N–H and O–H groups in total. The van der Waals surface area contributed by atoms with Gasteiger partial charge < -0.3 is 5.11 Å². The molecule has 0 spiro atoms. The van der Waals surface area contributed by atoms with Crippen molar-refractivity contribution in [2.45, 2.75) is 12.2 Å². The molecule has 0 aromatic rings. The van der Waals surface area contributed by atoms with Crippen molar-refractivity contribution < 1.29 is 26.1 Å². The van der Waals surface area contributed by atoms with Gasteiger partial charge in [-0.2, -0.15) is 8.42 Å². The van der Waals surface area contributed by atoms with Crippen LogP contribution in [-0.2, 0) is 24.1 Å². The van der Waals surface area contributed by atoms with E-state index in [1.54, 1.807) is 0 Å². The van der Waals surface area contributed by atoms with Gasteiger partial charge in [0, 0.05) is 0 Å². The lowest BCUT2D eigenvalue weighted by Crippen LogP contribution is -2.29. The van der Waals surface area contributed by atoms with Crippen LogP contribution in [0.2, 0.25) is 0 Å². The smallest absolute Gasteiger partial charge is 0.264 e. The Labute approximate surface area is 76.6 Å². The van der Waals surface area contributed by atoms with Crippen molar-refractivity contribution in [2.24, 2.45) is 0 Å². The molecule has 1 saturated heterocycles. The van der Waals surface area contributed by atoms with Crippen LogP contribution in [0.4, 0.5) is 0 Å². The molecule has 0 aliphatic carbocycles. The highest BCUT2D eigenvalue weighted by Crippen LogP contribution is 2.17. The third-order valence-corrected chi connectivity index (χ3v) is 3.85. The summed E-state index contributed by atoms with van der Waals surface area (Å²) in [6, 6.07) is 0. The Morgan fingerprint density at radius 3 is 2.23 bits per heavy atom. The SMILES string of the molecule is CS(=O)(=O)OC1CS(=O)(=O)CC1O. The molecule has 1 rings (SSSR count). The standard InChI is InChI=1S/C5H10O6S2/c1-12(7,8)11-5-3-13(9,10)2-4(5)6/h4-6H,2-3H2,1H3. The summed E-state index contributed by atoms with van der Waals surface area (Å²) in [7, 11) is -7.07. The molecule has 1 heterocycles. The van der Waals surface area contributed by atoms with Crippen LogP contribution in [0, 0.1) is 0 Å². The van der Waals surface area contributed by atoms with Gasteiger partial charge in [-0.25, -0.2) is 8.42 Å². The Bertz CT molecular complexity index is 379. The molecule has 8 heteroatoms. The van der Waals surface area contributed by atoms with E-state index in [0.717, 1.165) is 6.26 Å². The summed E-state index contributed by atoms with van der Waals surface area (Å²) in [6.45, 7) is 0. The van der Waals surface area contributed by atoms with E-state index in [1.807, 2.05) is 0 Å². The van der Waals surface area contributed by atoms with Crippen molar-refractivity contribution in [3.05, 3.63) is 0 Å². The van der Waals surface area contributed by atoms with Crippen molar-refractivity contribution in [3.63, 3.8) is 0 Å². The lowest BCUT2D eigenvalue weighted by molar-refractivity contribution is 0.0787. The molecule has 0 aromatic heterocycles. The predicted octanol–water partition coefficient (Wildman–Crippen LogP) is -1.88. The summed E-state index contributed by atoms with van der Waals surface area (Å²) in [5.41, 5.74) is 0. The molecule has 0 saturated carbocycles. The van der Waals surface area contributed by atoms with Crippen LogP contribution in [0.15, 0.2) is 0 Å². The molecule has 0 aromatic carbocycles. The van der Waals surface area contributed by atoms with Crippen LogP contribution in [0.25, 0.3) is 0 Å². The van der Waals surface area contributed by atoms with Crippen LogP contribution in [0.5, 0.6) is 0 Å². The average Bonchev–Trinajstić information content (AvgIpc) is 2.00. The van der Waals surface area contributed by atoms with Gasteiger partial charge in [0.2, 0.25) is 0 Å². The minimum absolute atomic E-state index is 0.437. The first-order valence-corrected chi connectivity index (χ1v) is 7.10. The summed E-state index contributed by atoms with van der Waals surface area (Å²) in [4.78, 5) is 0. The van der Waals surface area contributed by atoms with E-state index in [4.69, 9.17) is 5.11 Å². The Balaban J connectivity index is 2.76. The third-order valence-electron chi connectivity index (χ3n) is 1.57. The van der Waals surface area contributed by atoms with E-state index in [-0.39, 0.29) is 0 Å². The quantitative estimate of drug-likeness (QED) is 0.558. The van der Waals surface area contributed by atoms with Crippen LogP contribution >= 0.6 is 0 Å². The number of aliphatic hydroxyl groups is 1. The normalized spacial score (nSPS) is 33.4. The highest BCUT2D eigenvalue weighted by atomic mass is 32.2. The lowest BCUT2D eigenvalue weighted by Gasteiger charge is -2.10. The molecule has 1 fully saturated rings. The molecule has 6 nitrogen and oxygen atoms in total. The average molecular weight is 230 g/mol. The van der Waals surface area contributed by atoms with Gasteiger partial charge in [-0.1, -0.05) is 0 Å². The van der Waals surface area contributed by atoms with Crippen LogP contribution < -0.4 is 0 Å². The van der Waals surface area contributed by atoms with Crippen molar-refractivity contribution >= 4 is 20.0 Å². The highest BCUT2D eigenvalue weighted by Gasteiger charge is 2.39. The zero-order valence-corrected chi connectivity index (χ0v) is 8.51. The maximum absolute atomic E-state index is 10.9. The minimum atomic E-state index is -3.72. The van der Waals surface area contributed by atoms with Crippen LogP contribution in [0.1, 0.15) is 0 Å². The van der Waals surface area contributed by atoms with E-state index in [9.17, 15) is 16.8 Å². The Kier molecular flexibility index (Phi) is 2.68. The van der Waals surface area contributed by atoms with Crippen molar-refractivity contribution in [2.75, 3.05) is 17.8 Å². The molecule has 1 aliphatic heterocycles. The van der Waals surface area contributed by atoms with Gasteiger partial charge in [-0.3, -0.25) is 4.18 Å². The Morgan fingerprint density at radius 2 is 1.92 bits per heavy atom. The first-order valence-electron chi connectivity index (χ1n) is 3.46. The molecule has 0 radical (unpaired) electrons. The number of hydrogen-bond donors (Lipinski definition) is 1. The van der Waals surface area contributed by atoms with E-state index < -0.39 is 43.7 Å². The van der Waals surface area contributed by atoms with E-state index in [1.165, 1.54) is 0 Å². The molecule has 2 unspecified atom stereocenters. The van der Waals surface area contributed by atoms with Gasteiger partial charge in [-0.05, 0) is 0 Å². The molecular weight excluding hydrogens is 220 g/mol. The van der Waals surface area contributed by atoms with E-state index in [2.05, 4.69) is 4.18 Å². The fraction of sp³-hybridized carbons (Fsp3) is 1.00. The van der Waals surface area contributed by atoms with Gasteiger partial charge in [0.05, 0.1) is 23.9 Å². The predicted molar refractivity (Wildman–Crippen MR) is 44.4 cm³/mol. The minimum Gasteiger partial charge on any atom is -0.389 e. The van der Waals surface area contributed by atoms with Crippen molar-refractivity contribution in [1.82, 2.24) is 0 Å². The molecular formula is C5H10O6S2. The summed E-state index contributed by atoms with van der Waals surface area (Å²) >= 11 is 0. The Hall–Kier alpha value is -0.180. The third kappa shape index (κ3) is 3.22. The monoisotopic (exact) mass is 230 g/mol. The zero-order valence-electron chi connectivity index (χ0n) is 6.87. The summed E-state index contributed by atoms with van der Waals surface area (Å²) in [6.07, 6.45) is -1.59. The van der Waals surface area contributed by atoms with Gasteiger partial charge in [0.15, 0.2) is 9.84 Å². The summed E-state index contributed by atoms with van der Waals surface area (Å²) < 4.78 is 47.4. The van der Waals surface area contributed by atoms with Gasteiger partial charge >= 0.3 is 0 Å². The second-order valence-corrected chi connectivity index (χ2v) is 6.74.